The third-order valence-corrected chi connectivity index (χ3v) is 5.22. The molecule has 0 aliphatic carbocycles. The number of rotatable bonds is 5. The number of aliphatic imine (C=N–C) groups is 1. The lowest BCUT2D eigenvalue weighted by atomic mass is 9.82. The molecule has 0 fully saturated rings. The Kier molecular flexibility index (Phi) is 6.00. The fraction of sp³-hybridized carbons (Fsp3) is 0.208. The van der Waals surface area contributed by atoms with Crippen LogP contribution in [-0.4, -0.2) is 33.3 Å². The van der Waals surface area contributed by atoms with Crippen LogP contribution in [0.1, 0.15) is 41.0 Å². The van der Waals surface area contributed by atoms with Gasteiger partial charge < -0.3 is 15.8 Å². The van der Waals surface area contributed by atoms with Crippen molar-refractivity contribution in [2.75, 3.05) is 11.9 Å². The van der Waals surface area contributed by atoms with E-state index in [9.17, 15) is 9.18 Å². The minimum absolute atomic E-state index is 0.0842. The van der Waals surface area contributed by atoms with Gasteiger partial charge in [-0.2, -0.15) is 0 Å². The summed E-state index contributed by atoms with van der Waals surface area (Å²) in [5.41, 5.74) is 7.66. The number of benzene rings is 1. The molecule has 166 valence electrons. The number of aromatic nitrogens is 3. The average molecular weight is 444 g/mol. The molecule has 0 radical (unpaired) electrons. The minimum Gasteiger partial charge on any atom is -0.463 e. The van der Waals surface area contributed by atoms with Gasteiger partial charge in [-0.3, -0.25) is 14.8 Å². The van der Waals surface area contributed by atoms with Crippen molar-refractivity contribution < 1.29 is 13.9 Å². The molecule has 3 heterocycles. The first-order valence-corrected chi connectivity index (χ1v) is 10.1. The van der Waals surface area contributed by atoms with Gasteiger partial charge in [0.2, 0.25) is 5.88 Å². The van der Waals surface area contributed by atoms with Crippen molar-refractivity contribution in [2.45, 2.75) is 25.8 Å². The number of nitrogens with one attached hydrogen (secondary N) is 1. The van der Waals surface area contributed by atoms with Crippen LogP contribution in [0.4, 0.5) is 10.1 Å². The summed E-state index contributed by atoms with van der Waals surface area (Å²) in [7, 11) is 0. The molecule has 2 aromatic heterocycles. The maximum atomic E-state index is 14.9. The molecule has 3 N–H and O–H groups in total. The number of anilines is 1. The number of carbonyl (C=O) groups is 1. The number of amides is 1. The first-order chi connectivity index (χ1) is 15.9. The van der Waals surface area contributed by atoms with Crippen molar-refractivity contribution in [3.63, 3.8) is 0 Å². The maximum Gasteiger partial charge on any atom is 0.275 e. The van der Waals surface area contributed by atoms with Crippen molar-refractivity contribution >= 4 is 17.4 Å². The monoisotopic (exact) mass is 444 g/mol. The second-order valence-corrected chi connectivity index (χ2v) is 7.58. The summed E-state index contributed by atoms with van der Waals surface area (Å²) in [5.74, 6) is 5.08. The van der Waals surface area contributed by atoms with Crippen molar-refractivity contribution in [1.29, 1.82) is 0 Å². The zero-order valence-electron chi connectivity index (χ0n) is 18.1. The number of hydrogen-bond acceptors (Lipinski definition) is 7. The second kappa shape index (κ2) is 9.04. The van der Waals surface area contributed by atoms with E-state index in [-0.39, 0.29) is 18.2 Å². The molecule has 3 aromatic rings. The summed E-state index contributed by atoms with van der Waals surface area (Å²) < 4.78 is 20.1. The Bertz CT molecular complexity index is 1300. The summed E-state index contributed by atoms with van der Waals surface area (Å²) in [6.45, 7) is 3.68. The molecular weight excluding hydrogens is 423 g/mol. The first kappa shape index (κ1) is 21.9. The smallest absolute Gasteiger partial charge is 0.275 e. The lowest BCUT2D eigenvalue weighted by Crippen LogP contribution is -2.34. The van der Waals surface area contributed by atoms with E-state index in [2.05, 4.69) is 37.1 Å². The van der Waals surface area contributed by atoms with Gasteiger partial charge >= 0.3 is 0 Å². The van der Waals surface area contributed by atoms with Gasteiger partial charge in [-0.1, -0.05) is 5.92 Å². The Balaban J connectivity index is 1.55. The Morgan fingerprint density at radius 1 is 1.27 bits per heavy atom. The number of hydrogen-bond donors (Lipinski definition) is 2. The number of nitrogens with two attached hydrogens (primary N) is 1. The highest BCUT2D eigenvalue weighted by Crippen LogP contribution is 2.37. The zero-order chi connectivity index (χ0) is 23.4. The van der Waals surface area contributed by atoms with E-state index in [1.807, 2.05) is 0 Å². The van der Waals surface area contributed by atoms with E-state index in [4.69, 9.17) is 10.5 Å². The van der Waals surface area contributed by atoms with E-state index in [1.54, 1.807) is 38.4 Å². The van der Waals surface area contributed by atoms with Gasteiger partial charge in [0.1, 0.15) is 17.3 Å². The van der Waals surface area contributed by atoms with Crippen LogP contribution >= 0.6 is 0 Å². The fourth-order valence-electron chi connectivity index (χ4n) is 3.61. The molecule has 0 spiro atoms. The zero-order valence-corrected chi connectivity index (χ0v) is 18.1. The molecule has 0 saturated heterocycles. The molecule has 1 aliphatic heterocycles. The van der Waals surface area contributed by atoms with Crippen molar-refractivity contribution in [2.24, 2.45) is 10.7 Å². The van der Waals surface area contributed by atoms with Crippen molar-refractivity contribution in [1.82, 2.24) is 15.0 Å². The quantitative estimate of drug-likeness (QED) is 0.585. The number of carbonyl (C=O) groups excluding carboxylic acids is 1. The molecule has 1 aromatic carbocycles. The minimum atomic E-state index is -0.953. The number of nitrogens with zero attached hydrogens (tertiary/aromatic N) is 4. The highest BCUT2D eigenvalue weighted by Gasteiger charge is 2.34. The molecule has 1 unspecified atom stereocenters. The van der Waals surface area contributed by atoms with Crippen LogP contribution in [0.2, 0.25) is 0 Å². The summed E-state index contributed by atoms with van der Waals surface area (Å²) in [4.78, 5) is 29.5. The molecule has 4 rings (SSSR count). The van der Waals surface area contributed by atoms with Crippen LogP contribution in [-0.2, 0) is 12.0 Å². The number of amidine groups is 1. The summed E-state index contributed by atoms with van der Waals surface area (Å²) in [6, 6.07) is 6.10. The standard InChI is InChI=1S/C24H21FN6O2/c1-3-4-9-33-21-14-28-20(13-29-21)23(32)30-16-5-6-19(25)18(10-16)24(2)11-15-12-27-8-7-17(15)22(26)31-24/h5-8,10,12-14H,9,11H2,1-2H3,(H2,26,31)(H,30,32). The highest BCUT2D eigenvalue weighted by molar-refractivity contribution is 6.03. The number of pyridine rings is 1. The highest BCUT2D eigenvalue weighted by atomic mass is 19.1. The number of ether oxygens (including phenoxy) is 1. The van der Waals surface area contributed by atoms with Gasteiger partial charge in [-0.15, -0.1) is 5.92 Å². The van der Waals surface area contributed by atoms with E-state index in [0.717, 1.165) is 11.1 Å². The molecule has 33 heavy (non-hydrogen) atoms. The van der Waals surface area contributed by atoms with Gasteiger partial charge in [-0.05, 0) is 43.7 Å². The fourth-order valence-corrected chi connectivity index (χ4v) is 3.61. The molecule has 8 nitrogen and oxygen atoms in total. The van der Waals surface area contributed by atoms with Crippen LogP contribution in [0.25, 0.3) is 0 Å². The molecular formula is C24H21FN6O2. The predicted octanol–water partition coefficient (Wildman–Crippen LogP) is 2.84. The third kappa shape index (κ3) is 4.65. The van der Waals surface area contributed by atoms with E-state index in [0.29, 0.717) is 23.5 Å². The van der Waals surface area contributed by atoms with Crippen molar-refractivity contribution in [3.05, 3.63) is 77.3 Å². The SMILES string of the molecule is CC#CCOc1cnc(C(=O)Nc2ccc(F)c(C3(C)Cc4cnccc4C(N)=N3)c2)cn1. The van der Waals surface area contributed by atoms with Crippen LogP contribution in [0.5, 0.6) is 5.88 Å². The van der Waals surface area contributed by atoms with Gasteiger partial charge in [0, 0.05) is 35.6 Å². The largest absolute Gasteiger partial charge is 0.463 e. The Morgan fingerprint density at radius 2 is 2.12 bits per heavy atom. The van der Waals surface area contributed by atoms with Crippen LogP contribution in [0, 0.1) is 17.7 Å². The van der Waals surface area contributed by atoms with Crippen LogP contribution in [0.3, 0.4) is 0 Å². The first-order valence-electron chi connectivity index (χ1n) is 10.1. The molecule has 1 amide bonds. The normalized spacial score (nSPS) is 16.6. The summed E-state index contributed by atoms with van der Waals surface area (Å²) in [5, 5.41) is 2.72. The Labute approximate surface area is 190 Å². The average Bonchev–Trinajstić information content (AvgIpc) is 2.81. The van der Waals surface area contributed by atoms with Gasteiger partial charge in [-0.25, -0.2) is 14.4 Å². The van der Waals surface area contributed by atoms with Gasteiger partial charge in [0.25, 0.3) is 5.91 Å². The Hall–Kier alpha value is -4.32. The molecule has 0 bridgehead atoms. The lowest BCUT2D eigenvalue weighted by Gasteiger charge is -2.32. The number of fused-ring (bicyclic) bond motifs is 1. The summed E-state index contributed by atoms with van der Waals surface area (Å²) >= 11 is 0. The molecule has 1 aliphatic rings. The van der Waals surface area contributed by atoms with Crippen LogP contribution < -0.4 is 15.8 Å². The predicted molar refractivity (Wildman–Crippen MR) is 121 cm³/mol. The molecule has 0 saturated carbocycles. The van der Waals surface area contributed by atoms with Gasteiger partial charge in [0.05, 0.1) is 17.9 Å². The Morgan fingerprint density at radius 3 is 2.88 bits per heavy atom. The second-order valence-electron chi connectivity index (χ2n) is 7.58. The molecule has 9 heteroatoms. The third-order valence-electron chi connectivity index (χ3n) is 5.22. The van der Waals surface area contributed by atoms with E-state index in [1.165, 1.54) is 24.5 Å². The van der Waals surface area contributed by atoms with E-state index < -0.39 is 17.3 Å². The van der Waals surface area contributed by atoms with E-state index >= 15 is 0 Å². The lowest BCUT2D eigenvalue weighted by molar-refractivity contribution is 0.102. The van der Waals surface area contributed by atoms with Gasteiger partial charge in [0.15, 0.2) is 6.61 Å². The summed E-state index contributed by atoms with van der Waals surface area (Å²) in [6.07, 6.45) is 6.40. The van der Waals surface area contributed by atoms with Crippen molar-refractivity contribution in [3.8, 4) is 17.7 Å². The maximum absolute atomic E-state index is 14.9. The van der Waals surface area contributed by atoms with Crippen LogP contribution in [0.15, 0.2) is 54.0 Å². The number of halogens is 1. The topological polar surface area (TPSA) is 115 Å². The molecule has 1 atom stereocenters.